The summed E-state index contributed by atoms with van der Waals surface area (Å²) in [5.41, 5.74) is 2.88. The van der Waals surface area contributed by atoms with E-state index in [-0.39, 0.29) is 6.10 Å². The fourth-order valence-corrected chi connectivity index (χ4v) is 4.26. The van der Waals surface area contributed by atoms with Gasteiger partial charge >= 0.3 is 0 Å². The summed E-state index contributed by atoms with van der Waals surface area (Å²) in [6.45, 7) is 2.24. The maximum absolute atomic E-state index is 7.15. The lowest BCUT2D eigenvalue weighted by Crippen LogP contribution is -2.37. The first kappa shape index (κ1) is 21.8. The Labute approximate surface area is 189 Å². The van der Waals surface area contributed by atoms with Gasteiger partial charge in [-0.25, -0.2) is 0 Å². The molecule has 0 radical (unpaired) electrons. The quantitative estimate of drug-likeness (QED) is 0.205. The number of hydrogen-bond donors (Lipinski definition) is 0. The average molecular weight is 496 g/mol. The standard InChI is InChI=1S/C27H29IO/c1-2-14-26(21-12-13-22-28)29-27(23-15-6-3-7-16-23,24-17-8-4-9-18-24)25-19-10-5-11-20-25/h3-11,13,15-20,22,26H,2,12,14,21H2,1H3/b22-13+. The summed E-state index contributed by atoms with van der Waals surface area (Å²) in [4.78, 5) is 0. The zero-order valence-electron chi connectivity index (χ0n) is 17.0. The molecule has 0 aliphatic heterocycles. The van der Waals surface area contributed by atoms with Crippen molar-refractivity contribution in [3.63, 3.8) is 0 Å². The highest BCUT2D eigenvalue weighted by molar-refractivity contribution is 14.1. The van der Waals surface area contributed by atoms with Crippen LogP contribution in [0.5, 0.6) is 0 Å². The van der Waals surface area contributed by atoms with Gasteiger partial charge in [0.25, 0.3) is 0 Å². The Morgan fingerprint density at radius 2 is 1.21 bits per heavy atom. The minimum Gasteiger partial charge on any atom is -0.358 e. The Balaban J connectivity index is 2.16. The molecular formula is C27H29IO. The average Bonchev–Trinajstić information content (AvgIpc) is 2.79. The molecule has 0 aliphatic carbocycles. The summed E-state index contributed by atoms with van der Waals surface area (Å²) in [5.74, 6) is 0. The molecule has 0 N–H and O–H groups in total. The number of ether oxygens (including phenoxy) is 1. The van der Waals surface area contributed by atoms with Crippen molar-refractivity contribution in [1.29, 1.82) is 0 Å². The van der Waals surface area contributed by atoms with Gasteiger partial charge in [0.1, 0.15) is 5.60 Å². The summed E-state index contributed by atoms with van der Waals surface area (Å²) in [6.07, 6.45) is 6.59. The van der Waals surface area contributed by atoms with Crippen molar-refractivity contribution in [3.8, 4) is 0 Å². The Bertz CT molecular complexity index is 762. The summed E-state index contributed by atoms with van der Waals surface area (Å²) in [7, 11) is 0. The van der Waals surface area contributed by atoms with Crippen LogP contribution in [0.25, 0.3) is 0 Å². The molecule has 0 amide bonds. The third-order valence-electron chi connectivity index (χ3n) is 5.24. The fraction of sp³-hybridized carbons (Fsp3) is 0.259. The van der Waals surface area contributed by atoms with Crippen molar-refractivity contribution in [2.75, 3.05) is 0 Å². The predicted octanol–water partition coefficient (Wildman–Crippen LogP) is 7.89. The van der Waals surface area contributed by atoms with Gasteiger partial charge in [0.05, 0.1) is 6.10 Å². The second-order valence-electron chi connectivity index (χ2n) is 7.25. The van der Waals surface area contributed by atoms with Gasteiger partial charge in [-0.2, -0.15) is 0 Å². The van der Waals surface area contributed by atoms with E-state index in [0.717, 1.165) is 25.7 Å². The van der Waals surface area contributed by atoms with Crippen molar-refractivity contribution in [3.05, 3.63) is 118 Å². The molecule has 0 aromatic heterocycles. The van der Waals surface area contributed by atoms with E-state index in [1.54, 1.807) is 0 Å². The highest BCUT2D eigenvalue weighted by Gasteiger charge is 2.39. The van der Waals surface area contributed by atoms with Crippen LogP contribution in [0.15, 0.2) is 101 Å². The third kappa shape index (κ3) is 5.37. The molecule has 0 saturated heterocycles. The molecule has 0 spiro atoms. The Kier molecular flexibility index (Phi) is 8.51. The first-order valence-electron chi connectivity index (χ1n) is 10.4. The maximum atomic E-state index is 7.15. The Hall–Kier alpha value is -1.91. The number of benzene rings is 3. The van der Waals surface area contributed by atoms with Crippen molar-refractivity contribution >= 4 is 22.6 Å². The smallest absolute Gasteiger partial charge is 0.144 e. The monoisotopic (exact) mass is 496 g/mol. The molecule has 29 heavy (non-hydrogen) atoms. The van der Waals surface area contributed by atoms with Crippen molar-refractivity contribution in [1.82, 2.24) is 0 Å². The molecule has 0 heterocycles. The molecule has 150 valence electrons. The number of hydrogen-bond acceptors (Lipinski definition) is 1. The first-order valence-corrected chi connectivity index (χ1v) is 11.7. The number of allylic oxidation sites excluding steroid dienone is 1. The van der Waals surface area contributed by atoms with Crippen LogP contribution >= 0.6 is 22.6 Å². The maximum Gasteiger partial charge on any atom is 0.144 e. The minimum atomic E-state index is -0.627. The van der Waals surface area contributed by atoms with Gasteiger partial charge in [0.2, 0.25) is 0 Å². The summed E-state index contributed by atoms with van der Waals surface area (Å²) in [5, 5.41) is 0. The minimum absolute atomic E-state index is 0.174. The van der Waals surface area contributed by atoms with Crippen LogP contribution in [-0.2, 0) is 10.3 Å². The van der Waals surface area contributed by atoms with E-state index >= 15 is 0 Å². The lowest BCUT2D eigenvalue weighted by atomic mass is 9.79. The van der Waals surface area contributed by atoms with Gasteiger partial charge in [-0.3, -0.25) is 0 Å². The molecule has 3 aromatic carbocycles. The van der Waals surface area contributed by atoms with Gasteiger partial charge in [-0.15, -0.1) is 0 Å². The second-order valence-corrected chi connectivity index (χ2v) is 7.97. The zero-order valence-corrected chi connectivity index (χ0v) is 19.2. The third-order valence-corrected chi connectivity index (χ3v) is 5.75. The molecule has 3 rings (SSSR count). The highest BCUT2D eigenvalue weighted by atomic mass is 127. The van der Waals surface area contributed by atoms with Crippen LogP contribution in [0.4, 0.5) is 0 Å². The van der Waals surface area contributed by atoms with Gasteiger partial charge < -0.3 is 4.74 Å². The van der Waals surface area contributed by atoms with Crippen LogP contribution in [0.1, 0.15) is 49.3 Å². The molecule has 0 aliphatic rings. The molecule has 0 saturated carbocycles. The lowest BCUT2D eigenvalue weighted by molar-refractivity contribution is -0.0543. The Morgan fingerprint density at radius 3 is 1.59 bits per heavy atom. The summed E-state index contributed by atoms with van der Waals surface area (Å²) in [6, 6.07) is 32.0. The number of rotatable bonds is 10. The molecule has 1 unspecified atom stereocenters. The van der Waals surface area contributed by atoms with Crippen molar-refractivity contribution in [2.45, 2.75) is 44.3 Å². The van der Waals surface area contributed by atoms with E-state index in [1.807, 2.05) is 0 Å². The van der Waals surface area contributed by atoms with E-state index in [2.05, 4.69) is 131 Å². The van der Waals surface area contributed by atoms with Crippen LogP contribution in [0, 0.1) is 0 Å². The molecule has 3 aromatic rings. The molecule has 1 nitrogen and oxygen atoms in total. The second kappa shape index (κ2) is 11.3. The topological polar surface area (TPSA) is 9.23 Å². The predicted molar refractivity (Wildman–Crippen MR) is 131 cm³/mol. The SMILES string of the molecule is CCCC(CC/C=C/I)OC(c1ccccc1)(c1ccccc1)c1ccccc1. The van der Waals surface area contributed by atoms with Gasteiger partial charge in [-0.1, -0.05) is 133 Å². The largest absolute Gasteiger partial charge is 0.358 e. The van der Waals surface area contributed by atoms with E-state index in [9.17, 15) is 0 Å². The zero-order chi connectivity index (χ0) is 20.4. The van der Waals surface area contributed by atoms with Crippen LogP contribution in [-0.4, -0.2) is 6.10 Å². The fourth-order valence-electron chi connectivity index (χ4n) is 3.90. The highest BCUT2D eigenvalue weighted by Crippen LogP contribution is 2.42. The molecular weight excluding hydrogens is 467 g/mol. The normalized spacial score (nSPS) is 12.9. The Morgan fingerprint density at radius 1 is 0.759 bits per heavy atom. The van der Waals surface area contributed by atoms with Gasteiger partial charge in [-0.05, 0) is 40.0 Å². The van der Waals surface area contributed by atoms with E-state index in [1.165, 1.54) is 16.7 Å². The van der Waals surface area contributed by atoms with E-state index in [0.29, 0.717) is 0 Å². The van der Waals surface area contributed by atoms with Crippen molar-refractivity contribution in [2.24, 2.45) is 0 Å². The van der Waals surface area contributed by atoms with Crippen molar-refractivity contribution < 1.29 is 4.74 Å². The van der Waals surface area contributed by atoms with Crippen LogP contribution in [0.3, 0.4) is 0 Å². The molecule has 2 heteroatoms. The molecule has 0 fully saturated rings. The van der Waals surface area contributed by atoms with Crippen LogP contribution < -0.4 is 0 Å². The van der Waals surface area contributed by atoms with Gasteiger partial charge in [0.15, 0.2) is 0 Å². The van der Waals surface area contributed by atoms with E-state index < -0.39 is 5.60 Å². The number of halogens is 1. The lowest BCUT2D eigenvalue weighted by Gasteiger charge is -2.39. The molecule has 1 atom stereocenters. The van der Waals surface area contributed by atoms with E-state index in [4.69, 9.17) is 4.74 Å². The summed E-state index contributed by atoms with van der Waals surface area (Å²) < 4.78 is 9.24. The summed E-state index contributed by atoms with van der Waals surface area (Å²) >= 11 is 2.29. The molecule has 0 bridgehead atoms. The first-order chi connectivity index (χ1) is 14.3. The van der Waals surface area contributed by atoms with Crippen LogP contribution in [0.2, 0.25) is 0 Å². The van der Waals surface area contributed by atoms with Gasteiger partial charge in [0, 0.05) is 0 Å².